The number of rotatable bonds is 4. The van der Waals surface area contributed by atoms with Crippen LogP contribution in [0, 0.1) is 11.8 Å². The van der Waals surface area contributed by atoms with Crippen molar-refractivity contribution >= 4 is 29.3 Å². The number of likely N-dealkylation sites (tertiary alicyclic amines) is 2. The van der Waals surface area contributed by atoms with E-state index in [1.165, 1.54) is 0 Å². The summed E-state index contributed by atoms with van der Waals surface area (Å²) >= 11 is 5.90. The first-order valence-electron chi connectivity index (χ1n) is 10.7. The van der Waals surface area contributed by atoms with Crippen molar-refractivity contribution in [2.45, 2.75) is 44.6 Å². The van der Waals surface area contributed by atoms with Crippen LogP contribution in [-0.4, -0.2) is 59.7 Å². The van der Waals surface area contributed by atoms with Crippen molar-refractivity contribution in [1.29, 1.82) is 0 Å². The second-order valence-electron chi connectivity index (χ2n) is 8.48. The monoisotopic (exact) mass is 417 g/mol. The van der Waals surface area contributed by atoms with Gasteiger partial charge in [0.15, 0.2) is 0 Å². The number of benzene rings is 1. The Bertz CT molecular complexity index is 770. The Hall–Kier alpha value is -2.08. The molecule has 156 valence electrons. The number of nitrogens with zero attached hydrogens (tertiary/aromatic N) is 2. The van der Waals surface area contributed by atoms with Crippen molar-refractivity contribution in [2.24, 2.45) is 11.8 Å². The summed E-state index contributed by atoms with van der Waals surface area (Å²) in [6.45, 7) is 2.58. The summed E-state index contributed by atoms with van der Waals surface area (Å²) in [5.74, 6) is 0.355. The molecule has 4 rings (SSSR count). The van der Waals surface area contributed by atoms with Crippen LogP contribution >= 0.6 is 11.6 Å². The van der Waals surface area contributed by atoms with E-state index in [0.717, 1.165) is 51.6 Å². The molecule has 1 saturated carbocycles. The molecule has 1 aromatic carbocycles. The zero-order valence-corrected chi connectivity index (χ0v) is 17.4. The van der Waals surface area contributed by atoms with E-state index in [1.54, 1.807) is 29.2 Å². The van der Waals surface area contributed by atoms with Gasteiger partial charge in [-0.05, 0) is 62.8 Å². The van der Waals surface area contributed by atoms with Crippen molar-refractivity contribution in [2.75, 3.05) is 26.2 Å². The average molecular weight is 418 g/mol. The molecule has 1 aromatic rings. The van der Waals surface area contributed by atoms with Gasteiger partial charge in [0.1, 0.15) is 0 Å². The maximum absolute atomic E-state index is 12.8. The third-order valence-electron chi connectivity index (χ3n) is 6.25. The van der Waals surface area contributed by atoms with E-state index in [0.29, 0.717) is 29.6 Å². The number of nitrogens with one attached hydrogen (secondary N) is 1. The van der Waals surface area contributed by atoms with E-state index >= 15 is 0 Å². The van der Waals surface area contributed by atoms with Crippen LogP contribution in [0.3, 0.4) is 0 Å². The summed E-state index contributed by atoms with van der Waals surface area (Å²) in [5, 5.41) is 3.77. The lowest BCUT2D eigenvalue weighted by molar-refractivity contribution is -0.133. The van der Waals surface area contributed by atoms with E-state index in [1.807, 2.05) is 4.90 Å². The SMILES string of the molecule is O=C(NC1CCN(C(=O)C2CC2)CC1)[C@H]1CCCN(C(=O)c2ccc(Cl)cc2)C1. The summed E-state index contributed by atoms with van der Waals surface area (Å²) < 4.78 is 0. The molecule has 7 heteroatoms. The first-order chi connectivity index (χ1) is 14.0. The summed E-state index contributed by atoms with van der Waals surface area (Å²) in [7, 11) is 0. The molecule has 3 amide bonds. The Morgan fingerprint density at radius 3 is 2.21 bits per heavy atom. The average Bonchev–Trinajstić information content (AvgIpc) is 3.59. The van der Waals surface area contributed by atoms with Gasteiger partial charge < -0.3 is 15.1 Å². The quantitative estimate of drug-likeness (QED) is 0.818. The number of hydrogen-bond donors (Lipinski definition) is 1. The van der Waals surface area contributed by atoms with E-state index < -0.39 is 0 Å². The lowest BCUT2D eigenvalue weighted by Crippen LogP contribution is -2.51. The first-order valence-corrected chi connectivity index (χ1v) is 11.0. The Kier molecular flexibility index (Phi) is 6.09. The molecule has 3 aliphatic rings. The molecular formula is C22H28ClN3O3. The van der Waals surface area contributed by atoms with Gasteiger partial charge in [-0.2, -0.15) is 0 Å². The maximum atomic E-state index is 12.8. The third-order valence-corrected chi connectivity index (χ3v) is 6.50. The third kappa shape index (κ3) is 4.92. The van der Waals surface area contributed by atoms with Gasteiger partial charge in [-0.25, -0.2) is 0 Å². The van der Waals surface area contributed by atoms with Crippen LogP contribution in [0.25, 0.3) is 0 Å². The van der Waals surface area contributed by atoms with Crippen molar-refractivity contribution in [3.63, 3.8) is 0 Å². The van der Waals surface area contributed by atoms with Gasteiger partial charge in [0.2, 0.25) is 11.8 Å². The molecule has 0 aromatic heterocycles. The van der Waals surface area contributed by atoms with Crippen LogP contribution < -0.4 is 5.32 Å². The van der Waals surface area contributed by atoms with Gasteiger partial charge >= 0.3 is 0 Å². The summed E-state index contributed by atoms with van der Waals surface area (Å²) in [6.07, 6.45) is 5.31. The Morgan fingerprint density at radius 1 is 0.862 bits per heavy atom. The lowest BCUT2D eigenvalue weighted by atomic mass is 9.95. The highest BCUT2D eigenvalue weighted by Gasteiger charge is 2.36. The molecule has 2 saturated heterocycles. The largest absolute Gasteiger partial charge is 0.353 e. The van der Waals surface area contributed by atoms with Crippen molar-refractivity contribution in [3.05, 3.63) is 34.9 Å². The van der Waals surface area contributed by atoms with Gasteiger partial charge in [0.25, 0.3) is 5.91 Å². The fraction of sp³-hybridized carbons (Fsp3) is 0.591. The first kappa shape index (κ1) is 20.2. The number of amides is 3. The fourth-order valence-corrected chi connectivity index (χ4v) is 4.43. The summed E-state index contributed by atoms with van der Waals surface area (Å²) in [5.41, 5.74) is 0.600. The minimum absolute atomic E-state index is 0.0329. The van der Waals surface area contributed by atoms with Gasteiger partial charge in [-0.3, -0.25) is 14.4 Å². The van der Waals surface area contributed by atoms with E-state index in [9.17, 15) is 14.4 Å². The van der Waals surface area contributed by atoms with Crippen LogP contribution in [0.2, 0.25) is 5.02 Å². The molecule has 0 bridgehead atoms. The molecule has 0 spiro atoms. The maximum Gasteiger partial charge on any atom is 0.253 e. The zero-order chi connectivity index (χ0) is 20.4. The Balaban J connectivity index is 1.27. The highest BCUT2D eigenvalue weighted by Crippen LogP contribution is 2.32. The van der Waals surface area contributed by atoms with Crippen molar-refractivity contribution in [3.8, 4) is 0 Å². The highest BCUT2D eigenvalue weighted by molar-refractivity contribution is 6.30. The van der Waals surface area contributed by atoms with Crippen LogP contribution in [0.4, 0.5) is 0 Å². The number of hydrogen-bond acceptors (Lipinski definition) is 3. The van der Waals surface area contributed by atoms with Crippen molar-refractivity contribution < 1.29 is 14.4 Å². The molecule has 2 aliphatic heterocycles. The predicted octanol–water partition coefficient (Wildman–Crippen LogP) is 2.71. The molecule has 2 heterocycles. The topological polar surface area (TPSA) is 69.7 Å². The van der Waals surface area contributed by atoms with Crippen molar-refractivity contribution in [1.82, 2.24) is 15.1 Å². The van der Waals surface area contributed by atoms with Gasteiger partial charge in [0, 0.05) is 48.7 Å². The minimum atomic E-state index is -0.175. The van der Waals surface area contributed by atoms with Crippen LogP contribution in [0.15, 0.2) is 24.3 Å². The number of carbonyl (C=O) groups excluding carboxylic acids is 3. The molecule has 0 unspecified atom stereocenters. The zero-order valence-electron chi connectivity index (χ0n) is 16.6. The fourth-order valence-electron chi connectivity index (χ4n) is 4.30. The molecular weight excluding hydrogens is 390 g/mol. The van der Waals surface area contributed by atoms with E-state index in [2.05, 4.69) is 5.32 Å². The lowest BCUT2D eigenvalue weighted by Gasteiger charge is -2.35. The second-order valence-corrected chi connectivity index (χ2v) is 8.92. The number of halogens is 1. The molecule has 0 radical (unpaired) electrons. The minimum Gasteiger partial charge on any atom is -0.353 e. The highest BCUT2D eigenvalue weighted by atomic mass is 35.5. The van der Waals surface area contributed by atoms with E-state index in [4.69, 9.17) is 11.6 Å². The normalized spacial score (nSPS) is 23.0. The molecule has 1 aliphatic carbocycles. The van der Waals surface area contributed by atoms with Crippen LogP contribution in [-0.2, 0) is 9.59 Å². The molecule has 6 nitrogen and oxygen atoms in total. The summed E-state index contributed by atoms with van der Waals surface area (Å²) in [6, 6.07) is 7.00. The summed E-state index contributed by atoms with van der Waals surface area (Å²) in [4.78, 5) is 41.4. The molecule has 1 atom stereocenters. The second kappa shape index (κ2) is 8.74. The molecule has 3 fully saturated rings. The predicted molar refractivity (Wildman–Crippen MR) is 111 cm³/mol. The van der Waals surface area contributed by atoms with Gasteiger partial charge in [-0.15, -0.1) is 0 Å². The number of piperidine rings is 2. The molecule has 29 heavy (non-hydrogen) atoms. The standard InChI is InChI=1S/C22H28ClN3O3/c23-18-7-5-16(6-8-18)22(29)26-11-1-2-17(14-26)20(27)24-19-9-12-25(13-10-19)21(28)15-3-4-15/h5-8,15,17,19H,1-4,9-14H2,(H,24,27)/t17-/m0/s1. The Morgan fingerprint density at radius 2 is 1.55 bits per heavy atom. The van der Waals surface area contributed by atoms with Crippen LogP contribution in [0.5, 0.6) is 0 Å². The van der Waals surface area contributed by atoms with Gasteiger partial charge in [-0.1, -0.05) is 11.6 Å². The van der Waals surface area contributed by atoms with Crippen LogP contribution in [0.1, 0.15) is 48.9 Å². The van der Waals surface area contributed by atoms with E-state index in [-0.39, 0.29) is 29.7 Å². The Labute approximate surface area is 176 Å². The smallest absolute Gasteiger partial charge is 0.253 e. The number of carbonyl (C=O) groups is 3. The van der Waals surface area contributed by atoms with Gasteiger partial charge in [0.05, 0.1) is 5.92 Å². The molecule has 1 N–H and O–H groups in total.